The molecule has 31 heavy (non-hydrogen) atoms. The maximum atomic E-state index is 13.1. The van der Waals surface area contributed by atoms with Gasteiger partial charge in [0.25, 0.3) is 5.56 Å². The van der Waals surface area contributed by atoms with E-state index in [4.69, 9.17) is 0 Å². The van der Waals surface area contributed by atoms with E-state index < -0.39 is 0 Å². The van der Waals surface area contributed by atoms with E-state index in [2.05, 4.69) is 24.0 Å². The highest BCUT2D eigenvalue weighted by molar-refractivity contribution is 7.99. The van der Waals surface area contributed by atoms with E-state index in [0.29, 0.717) is 22.9 Å². The predicted molar refractivity (Wildman–Crippen MR) is 125 cm³/mol. The Bertz CT molecular complexity index is 1380. The van der Waals surface area contributed by atoms with Crippen LogP contribution in [0.15, 0.2) is 40.3 Å². The largest absolute Gasteiger partial charge is 0.293 e. The van der Waals surface area contributed by atoms with Gasteiger partial charge in [-0.3, -0.25) is 18.6 Å². The molecule has 2 aromatic heterocycles. The molecule has 160 valence electrons. The van der Waals surface area contributed by atoms with Gasteiger partial charge in [0.1, 0.15) is 0 Å². The molecule has 0 unspecified atom stereocenters. The third kappa shape index (κ3) is 3.57. The summed E-state index contributed by atoms with van der Waals surface area (Å²) in [7, 11) is 0. The highest BCUT2D eigenvalue weighted by Crippen LogP contribution is 2.26. The first-order valence-electron chi connectivity index (χ1n) is 10.4. The highest BCUT2D eigenvalue weighted by atomic mass is 32.2. The molecule has 0 radical (unpaired) electrons. The minimum atomic E-state index is -0.0637. The van der Waals surface area contributed by atoms with E-state index >= 15 is 0 Å². The Kier molecular flexibility index (Phi) is 5.71. The molecule has 0 saturated heterocycles. The first kappa shape index (κ1) is 21.3. The fourth-order valence-electron chi connectivity index (χ4n) is 3.96. The van der Waals surface area contributed by atoms with Crippen molar-refractivity contribution in [3.05, 3.63) is 68.5 Å². The van der Waals surface area contributed by atoms with Crippen LogP contribution in [-0.4, -0.2) is 30.7 Å². The lowest BCUT2D eigenvalue weighted by Gasteiger charge is -2.13. The normalized spacial score (nSPS) is 11.5. The van der Waals surface area contributed by atoms with Gasteiger partial charge in [0.05, 0.1) is 16.7 Å². The number of hydrogen-bond donors (Lipinski definition) is 0. The zero-order valence-electron chi connectivity index (χ0n) is 18.5. The second-order valence-corrected chi connectivity index (χ2v) is 8.86. The van der Waals surface area contributed by atoms with Crippen LogP contribution >= 0.6 is 11.8 Å². The summed E-state index contributed by atoms with van der Waals surface area (Å²) < 4.78 is 3.56. The first-order chi connectivity index (χ1) is 14.8. The molecule has 6 nitrogen and oxygen atoms in total. The average molecular weight is 435 g/mol. The topological polar surface area (TPSA) is 69.3 Å². The number of aromatic nitrogens is 4. The third-order valence-corrected chi connectivity index (χ3v) is 6.97. The van der Waals surface area contributed by atoms with Gasteiger partial charge in [-0.15, -0.1) is 10.2 Å². The van der Waals surface area contributed by atoms with Crippen LogP contribution in [-0.2, 0) is 6.54 Å². The van der Waals surface area contributed by atoms with Crippen LogP contribution in [0.2, 0.25) is 0 Å². The third-order valence-electron chi connectivity index (χ3n) is 6.04. The van der Waals surface area contributed by atoms with E-state index in [0.717, 1.165) is 34.2 Å². The van der Waals surface area contributed by atoms with Crippen molar-refractivity contribution in [2.45, 2.75) is 52.7 Å². The van der Waals surface area contributed by atoms with Gasteiger partial charge in [-0.05, 0) is 74.6 Å². The van der Waals surface area contributed by atoms with Gasteiger partial charge in [-0.25, -0.2) is 0 Å². The van der Waals surface area contributed by atoms with Crippen molar-refractivity contribution < 1.29 is 4.79 Å². The molecule has 4 rings (SSSR count). The SMILES string of the molecule is CCCn1c(=O)c2ccccc2n2c(SCC(=O)c3cc(C)c(C)c(C)c3C)nnc12. The number of rotatable bonds is 6. The second kappa shape index (κ2) is 8.30. The highest BCUT2D eigenvalue weighted by Gasteiger charge is 2.19. The molecule has 0 spiro atoms. The fourth-order valence-corrected chi connectivity index (χ4v) is 4.79. The molecular formula is C24H26N4O2S. The van der Waals surface area contributed by atoms with Crippen molar-refractivity contribution in [1.29, 1.82) is 0 Å². The number of para-hydroxylation sites is 1. The lowest BCUT2D eigenvalue weighted by Crippen LogP contribution is -2.23. The minimum absolute atomic E-state index is 0.0637. The molecule has 7 heteroatoms. The average Bonchev–Trinajstić information content (AvgIpc) is 3.20. The summed E-state index contributed by atoms with van der Waals surface area (Å²) in [6.45, 7) is 10.8. The van der Waals surface area contributed by atoms with Crippen molar-refractivity contribution >= 4 is 34.2 Å². The molecule has 4 aromatic rings. The van der Waals surface area contributed by atoms with E-state index in [9.17, 15) is 9.59 Å². The van der Waals surface area contributed by atoms with Crippen molar-refractivity contribution in [1.82, 2.24) is 19.2 Å². The number of hydrogen-bond acceptors (Lipinski definition) is 5. The molecule has 0 bridgehead atoms. The fraction of sp³-hybridized carbons (Fsp3) is 0.333. The summed E-state index contributed by atoms with van der Waals surface area (Å²) in [5, 5.41) is 9.87. The summed E-state index contributed by atoms with van der Waals surface area (Å²) in [4.78, 5) is 26.0. The smallest absolute Gasteiger partial charge is 0.262 e. The molecule has 0 atom stereocenters. The van der Waals surface area contributed by atoms with Crippen molar-refractivity contribution in [3.8, 4) is 0 Å². The van der Waals surface area contributed by atoms with Gasteiger partial charge in [0.15, 0.2) is 10.9 Å². The maximum absolute atomic E-state index is 13.1. The van der Waals surface area contributed by atoms with Crippen LogP contribution < -0.4 is 5.56 Å². The summed E-state index contributed by atoms with van der Waals surface area (Å²) >= 11 is 1.36. The van der Waals surface area contributed by atoms with E-state index in [-0.39, 0.29) is 17.1 Å². The number of thioether (sulfide) groups is 1. The lowest BCUT2D eigenvalue weighted by molar-refractivity contribution is 0.102. The molecule has 0 aliphatic rings. The van der Waals surface area contributed by atoms with Gasteiger partial charge < -0.3 is 0 Å². The van der Waals surface area contributed by atoms with Gasteiger partial charge in [0.2, 0.25) is 5.78 Å². The number of carbonyl (C=O) groups excluding carboxylic acids is 1. The Labute approximate surface area is 185 Å². The standard InChI is InChI=1S/C24H26N4O2S/c1-6-11-27-22(30)18-9-7-8-10-20(18)28-23(27)25-26-24(28)31-13-21(29)19-12-14(2)15(3)16(4)17(19)5/h7-10,12H,6,11,13H2,1-5H3. The van der Waals surface area contributed by atoms with Crippen LogP contribution in [0.4, 0.5) is 0 Å². The van der Waals surface area contributed by atoms with E-state index in [1.165, 1.54) is 17.3 Å². The predicted octanol–water partition coefficient (Wildman–Crippen LogP) is 4.66. The Balaban J connectivity index is 1.75. The van der Waals surface area contributed by atoms with Crippen molar-refractivity contribution in [3.63, 3.8) is 0 Å². The summed E-state index contributed by atoms with van der Waals surface area (Å²) in [6, 6.07) is 9.45. The number of nitrogens with zero attached hydrogens (tertiary/aromatic N) is 4. The van der Waals surface area contributed by atoms with Gasteiger partial charge in [0, 0.05) is 12.1 Å². The number of fused-ring (bicyclic) bond motifs is 3. The molecule has 0 aliphatic heterocycles. The molecule has 0 N–H and O–H groups in total. The van der Waals surface area contributed by atoms with Gasteiger partial charge in [-0.2, -0.15) is 0 Å². The zero-order chi connectivity index (χ0) is 22.3. The molecule has 2 aromatic carbocycles. The number of aryl methyl sites for hydroxylation is 2. The number of Topliss-reactive ketones (excluding diaryl/α,β-unsaturated/α-hetero) is 1. The van der Waals surface area contributed by atoms with E-state index in [1.807, 2.05) is 55.5 Å². The monoisotopic (exact) mass is 434 g/mol. The lowest BCUT2D eigenvalue weighted by atomic mass is 9.93. The van der Waals surface area contributed by atoms with Gasteiger partial charge in [-0.1, -0.05) is 30.8 Å². The van der Waals surface area contributed by atoms with Crippen molar-refractivity contribution in [2.24, 2.45) is 0 Å². The quantitative estimate of drug-likeness (QED) is 0.326. The summed E-state index contributed by atoms with van der Waals surface area (Å²) in [5.74, 6) is 0.834. The number of benzene rings is 2. The maximum Gasteiger partial charge on any atom is 0.262 e. The molecule has 0 fully saturated rings. The van der Waals surface area contributed by atoms with Crippen LogP contribution in [0.25, 0.3) is 16.7 Å². The Morgan fingerprint density at radius 3 is 2.52 bits per heavy atom. The molecule has 2 heterocycles. The molecular weight excluding hydrogens is 408 g/mol. The van der Waals surface area contributed by atoms with Crippen molar-refractivity contribution in [2.75, 3.05) is 5.75 Å². The summed E-state index contributed by atoms with van der Waals surface area (Å²) in [6.07, 6.45) is 0.813. The Morgan fingerprint density at radius 2 is 1.77 bits per heavy atom. The first-order valence-corrected chi connectivity index (χ1v) is 11.4. The van der Waals surface area contributed by atoms with Crippen LogP contribution in [0.3, 0.4) is 0 Å². The number of ketones is 1. The van der Waals surface area contributed by atoms with Crippen LogP contribution in [0, 0.1) is 27.7 Å². The summed E-state index contributed by atoms with van der Waals surface area (Å²) in [5.41, 5.74) is 6.00. The minimum Gasteiger partial charge on any atom is -0.293 e. The van der Waals surface area contributed by atoms with Crippen LogP contribution in [0.1, 0.15) is 46.0 Å². The van der Waals surface area contributed by atoms with Gasteiger partial charge >= 0.3 is 0 Å². The molecule has 0 aliphatic carbocycles. The second-order valence-electron chi connectivity index (χ2n) is 7.92. The Hall–Kier alpha value is -2.93. The van der Waals surface area contributed by atoms with Crippen LogP contribution in [0.5, 0.6) is 0 Å². The molecule has 0 amide bonds. The number of carbonyl (C=O) groups is 1. The molecule has 0 saturated carbocycles. The van der Waals surface area contributed by atoms with E-state index in [1.54, 1.807) is 4.57 Å². The zero-order valence-corrected chi connectivity index (χ0v) is 19.3. The Morgan fingerprint density at radius 1 is 1.03 bits per heavy atom.